The van der Waals surface area contributed by atoms with E-state index in [2.05, 4.69) is 15.6 Å². The van der Waals surface area contributed by atoms with Gasteiger partial charge in [-0.05, 0) is 60.1 Å². The second-order valence-corrected chi connectivity index (χ2v) is 7.61. The van der Waals surface area contributed by atoms with Crippen LogP contribution in [-0.4, -0.2) is 39.4 Å². The second-order valence-electron chi connectivity index (χ2n) is 6.36. The van der Waals surface area contributed by atoms with E-state index in [0.717, 1.165) is 6.20 Å². The minimum Gasteiger partial charge on any atom is -0.390 e. The number of anilines is 2. The Hall–Kier alpha value is -1.85. The maximum atomic E-state index is 14.3. The summed E-state index contributed by atoms with van der Waals surface area (Å²) in [5, 5.41) is 25.0. The van der Waals surface area contributed by atoms with Gasteiger partial charge in [-0.15, -0.1) is 0 Å². The monoisotopic (exact) mass is 489 g/mol. The van der Waals surface area contributed by atoms with Crippen molar-refractivity contribution in [3.05, 3.63) is 51.4 Å². The molecule has 0 bridgehead atoms. The molecule has 1 aliphatic rings. The van der Waals surface area contributed by atoms with Crippen LogP contribution in [0.1, 0.15) is 29.6 Å². The van der Waals surface area contributed by atoms with Crippen LogP contribution in [0.3, 0.4) is 0 Å². The van der Waals surface area contributed by atoms with Gasteiger partial charge >= 0.3 is 0 Å². The number of aliphatic hydroxyl groups is 2. The summed E-state index contributed by atoms with van der Waals surface area (Å²) in [6.07, 6.45) is 1.57. The van der Waals surface area contributed by atoms with Gasteiger partial charge in [-0.1, -0.05) is 0 Å². The molecule has 1 amide bonds. The summed E-state index contributed by atoms with van der Waals surface area (Å²) in [6, 6.07) is 3.75. The number of hydrogen-bond acceptors (Lipinski definition) is 5. The molecule has 27 heavy (non-hydrogen) atoms. The molecular weight excluding hydrogens is 471 g/mol. The van der Waals surface area contributed by atoms with Gasteiger partial charge in [0, 0.05) is 3.57 Å². The lowest BCUT2D eigenvalue weighted by atomic mass is 9.90. The Balaban J connectivity index is 1.85. The van der Waals surface area contributed by atoms with Gasteiger partial charge in [0.15, 0.2) is 5.82 Å². The Morgan fingerprint density at radius 1 is 1.15 bits per heavy atom. The molecule has 3 atom stereocenters. The molecule has 0 saturated heterocycles. The first kappa shape index (κ1) is 19.9. The van der Waals surface area contributed by atoms with E-state index in [9.17, 15) is 23.8 Å². The number of aromatic nitrogens is 1. The molecular formula is C18H18F2IN3O3. The van der Waals surface area contributed by atoms with Crippen LogP contribution in [0.15, 0.2) is 30.6 Å². The van der Waals surface area contributed by atoms with Gasteiger partial charge in [0.2, 0.25) is 0 Å². The lowest BCUT2D eigenvalue weighted by Gasteiger charge is -2.32. The highest BCUT2D eigenvalue weighted by Gasteiger charge is 2.32. The van der Waals surface area contributed by atoms with Crippen LogP contribution < -0.4 is 10.6 Å². The number of carbonyl (C=O) groups excluding carboxylic acids is 1. The molecule has 144 valence electrons. The van der Waals surface area contributed by atoms with Crippen molar-refractivity contribution in [3.8, 4) is 0 Å². The highest BCUT2D eigenvalue weighted by Crippen LogP contribution is 2.26. The van der Waals surface area contributed by atoms with Crippen LogP contribution in [-0.2, 0) is 0 Å². The van der Waals surface area contributed by atoms with Gasteiger partial charge in [-0.2, -0.15) is 0 Å². The summed E-state index contributed by atoms with van der Waals surface area (Å²) in [5.41, 5.74) is -0.265. The van der Waals surface area contributed by atoms with E-state index < -0.39 is 35.8 Å². The summed E-state index contributed by atoms with van der Waals surface area (Å²) < 4.78 is 29.1. The number of rotatable bonds is 4. The average molecular weight is 489 g/mol. The first-order valence-electron chi connectivity index (χ1n) is 8.39. The molecule has 1 aromatic heterocycles. The van der Waals surface area contributed by atoms with Gasteiger partial charge in [-0.3, -0.25) is 9.78 Å². The lowest BCUT2D eigenvalue weighted by Crippen LogP contribution is -2.51. The third-order valence-electron chi connectivity index (χ3n) is 4.47. The number of nitrogens with zero attached hydrogens (tertiary/aromatic N) is 1. The van der Waals surface area contributed by atoms with Crippen LogP contribution in [0.25, 0.3) is 0 Å². The van der Waals surface area contributed by atoms with E-state index in [1.54, 1.807) is 6.07 Å². The minimum absolute atomic E-state index is 0.00143. The number of carbonyl (C=O) groups is 1. The standard InChI is InChI=1S/C18H18F2IN3O3/c19-10-6-9(21)4-5-12(10)23-14-8-22-7-11(20)16(14)18(27)24-13-2-1-3-15(25)17(13)26/h4-8,13,15,17,23,25-26H,1-3H2,(H,24,27)/t13-,15?,17+/m0/s1. The van der Waals surface area contributed by atoms with Crippen molar-refractivity contribution in [3.63, 3.8) is 0 Å². The van der Waals surface area contributed by atoms with Crippen molar-refractivity contribution < 1.29 is 23.8 Å². The normalized spacial score (nSPS) is 22.3. The number of nitrogens with one attached hydrogen (secondary N) is 2. The van der Waals surface area contributed by atoms with Gasteiger partial charge in [0.05, 0.1) is 42.0 Å². The Kier molecular flexibility index (Phi) is 6.22. The maximum absolute atomic E-state index is 14.3. The zero-order chi connectivity index (χ0) is 19.6. The molecule has 1 aliphatic carbocycles. The Morgan fingerprint density at radius 3 is 2.67 bits per heavy atom. The fraction of sp³-hybridized carbons (Fsp3) is 0.333. The molecule has 1 heterocycles. The van der Waals surface area contributed by atoms with Crippen LogP contribution in [0.5, 0.6) is 0 Å². The zero-order valence-corrected chi connectivity index (χ0v) is 16.3. The summed E-state index contributed by atoms with van der Waals surface area (Å²) in [5.74, 6) is -2.21. The number of halogens is 3. The first-order valence-corrected chi connectivity index (χ1v) is 9.47. The van der Waals surface area contributed by atoms with E-state index >= 15 is 0 Å². The van der Waals surface area contributed by atoms with E-state index in [1.165, 1.54) is 18.3 Å². The van der Waals surface area contributed by atoms with Crippen molar-refractivity contribution in [2.75, 3.05) is 5.32 Å². The van der Waals surface area contributed by atoms with Crippen LogP contribution in [0, 0.1) is 15.2 Å². The quantitative estimate of drug-likeness (QED) is 0.496. The Bertz CT molecular complexity index is 853. The van der Waals surface area contributed by atoms with E-state index in [-0.39, 0.29) is 16.9 Å². The molecule has 1 aromatic carbocycles. The lowest BCUT2D eigenvalue weighted by molar-refractivity contribution is -0.0278. The Morgan fingerprint density at radius 2 is 1.93 bits per heavy atom. The molecule has 6 nitrogen and oxygen atoms in total. The predicted octanol–water partition coefficient (Wildman–Crippen LogP) is 2.71. The number of hydrogen-bond donors (Lipinski definition) is 4. The van der Waals surface area contributed by atoms with E-state index in [1.807, 2.05) is 22.6 Å². The van der Waals surface area contributed by atoms with Crippen molar-refractivity contribution >= 4 is 39.9 Å². The topological polar surface area (TPSA) is 94.5 Å². The maximum Gasteiger partial charge on any atom is 0.256 e. The Labute approximate surface area is 168 Å². The third kappa shape index (κ3) is 4.53. The SMILES string of the molecule is O=C(N[C@H]1CCCC(O)[C@@H]1O)c1c(F)cncc1Nc1ccc(I)cc1F. The number of pyridine rings is 1. The van der Waals surface area contributed by atoms with Crippen molar-refractivity contribution in [1.29, 1.82) is 0 Å². The summed E-state index contributed by atoms with van der Waals surface area (Å²) in [7, 11) is 0. The smallest absolute Gasteiger partial charge is 0.256 e. The van der Waals surface area contributed by atoms with Gasteiger partial charge in [0.25, 0.3) is 5.91 Å². The summed E-state index contributed by atoms with van der Waals surface area (Å²) >= 11 is 1.96. The molecule has 1 saturated carbocycles. The van der Waals surface area contributed by atoms with Crippen LogP contribution in [0.4, 0.5) is 20.2 Å². The largest absolute Gasteiger partial charge is 0.390 e. The van der Waals surface area contributed by atoms with Crippen molar-refractivity contribution in [1.82, 2.24) is 10.3 Å². The fourth-order valence-electron chi connectivity index (χ4n) is 3.05. The number of aliphatic hydroxyl groups excluding tert-OH is 2. The van der Waals surface area contributed by atoms with Gasteiger partial charge < -0.3 is 20.8 Å². The third-order valence-corrected chi connectivity index (χ3v) is 5.14. The zero-order valence-electron chi connectivity index (χ0n) is 14.1. The van der Waals surface area contributed by atoms with Gasteiger partial charge in [0.1, 0.15) is 11.4 Å². The molecule has 2 aromatic rings. The molecule has 0 spiro atoms. The van der Waals surface area contributed by atoms with E-state index in [0.29, 0.717) is 22.8 Å². The molecule has 1 fully saturated rings. The second kappa shape index (κ2) is 8.44. The summed E-state index contributed by atoms with van der Waals surface area (Å²) in [4.78, 5) is 16.3. The van der Waals surface area contributed by atoms with E-state index in [4.69, 9.17) is 0 Å². The fourth-order valence-corrected chi connectivity index (χ4v) is 3.50. The molecule has 1 unspecified atom stereocenters. The van der Waals surface area contributed by atoms with Gasteiger partial charge in [-0.25, -0.2) is 8.78 Å². The van der Waals surface area contributed by atoms with Crippen molar-refractivity contribution in [2.45, 2.75) is 37.5 Å². The molecule has 0 radical (unpaired) electrons. The summed E-state index contributed by atoms with van der Waals surface area (Å²) in [6.45, 7) is 0. The molecule has 9 heteroatoms. The highest BCUT2D eigenvalue weighted by molar-refractivity contribution is 14.1. The first-order chi connectivity index (χ1) is 12.9. The highest BCUT2D eigenvalue weighted by atomic mass is 127. The average Bonchev–Trinajstić information content (AvgIpc) is 2.61. The minimum atomic E-state index is -1.13. The van der Waals surface area contributed by atoms with Crippen LogP contribution in [0.2, 0.25) is 0 Å². The molecule has 0 aliphatic heterocycles. The predicted molar refractivity (Wildman–Crippen MR) is 104 cm³/mol. The number of benzene rings is 1. The van der Waals surface area contributed by atoms with Crippen molar-refractivity contribution in [2.24, 2.45) is 0 Å². The van der Waals surface area contributed by atoms with Crippen LogP contribution >= 0.6 is 22.6 Å². The number of amides is 1. The molecule has 4 N–H and O–H groups in total. The molecule has 3 rings (SSSR count).